The fourth-order valence-electron chi connectivity index (χ4n) is 3.23. The Kier molecular flexibility index (Phi) is 5.97. The quantitative estimate of drug-likeness (QED) is 0.554. The van der Waals surface area contributed by atoms with Crippen LogP contribution < -0.4 is 0 Å². The minimum Gasteiger partial charge on any atom is -0.374 e. The Morgan fingerprint density at radius 3 is 2.81 bits per heavy atom. The Bertz CT molecular complexity index is 903. The van der Waals surface area contributed by atoms with Crippen LogP contribution in [-0.2, 0) is 16.1 Å². The molecule has 6 nitrogen and oxygen atoms in total. The zero-order valence-electron chi connectivity index (χ0n) is 15.4. The zero-order chi connectivity index (χ0) is 18.6. The summed E-state index contributed by atoms with van der Waals surface area (Å²) in [7, 11) is 0. The van der Waals surface area contributed by atoms with E-state index in [4.69, 9.17) is 9.47 Å². The van der Waals surface area contributed by atoms with E-state index in [0.717, 1.165) is 34.4 Å². The molecule has 0 radical (unpaired) electrons. The van der Waals surface area contributed by atoms with Gasteiger partial charge in [-0.2, -0.15) is 0 Å². The van der Waals surface area contributed by atoms with Crippen LogP contribution in [0.1, 0.15) is 30.2 Å². The van der Waals surface area contributed by atoms with Crippen LogP contribution in [0.15, 0.2) is 46.7 Å². The lowest BCUT2D eigenvalue weighted by molar-refractivity contribution is -0.0221. The molecule has 1 aromatic carbocycles. The van der Waals surface area contributed by atoms with Crippen molar-refractivity contribution < 1.29 is 9.47 Å². The number of rotatable bonds is 7. The van der Waals surface area contributed by atoms with Gasteiger partial charge in [-0.1, -0.05) is 42.1 Å². The van der Waals surface area contributed by atoms with Crippen molar-refractivity contribution in [3.05, 3.63) is 47.8 Å². The van der Waals surface area contributed by atoms with Gasteiger partial charge in [0.1, 0.15) is 11.1 Å². The first-order valence-corrected chi connectivity index (χ1v) is 11.3. The highest BCUT2D eigenvalue weighted by molar-refractivity contribution is 7.99. The monoisotopic (exact) mass is 402 g/mol. The standard InChI is InChI=1S/C19H22N4O2S2/c1-26-18-17-20-10-15(23(17)22-19(21-18)27-2)16-9-8-14(25-16)12-24-11-13-6-4-3-5-7-13/h3-7,10,14,16H,8-9,11-12H2,1-2H3/t14-,16+/m0/s1. The minimum absolute atomic E-state index is 0.00959. The lowest BCUT2D eigenvalue weighted by Gasteiger charge is -2.14. The summed E-state index contributed by atoms with van der Waals surface area (Å²) in [6.45, 7) is 1.21. The van der Waals surface area contributed by atoms with E-state index in [-0.39, 0.29) is 12.2 Å². The molecule has 0 unspecified atom stereocenters. The van der Waals surface area contributed by atoms with Crippen LogP contribution in [0.3, 0.4) is 0 Å². The van der Waals surface area contributed by atoms with Crippen molar-refractivity contribution in [2.24, 2.45) is 0 Å². The Hall–Kier alpha value is -1.61. The molecule has 0 bridgehead atoms. The molecule has 0 aliphatic carbocycles. The number of imidazole rings is 1. The van der Waals surface area contributed by atoms with Crippen LogP contribution in [0.25, 0.3) is 5.65 Å². The number of hydrogen-bond acceptors (Lipinski definition) is 7. The van der Waals surface area contributed by atoms with Gasteiger partial charge >= 0.3 is 0 Å². The van der Waals surface area contributed by atoms with Crippen LogP contribution in [0.2, 0.25) is 0 Å². The number of benzene rings is 1. The van der Waals surface area contributed by atoms with Crippen LogP contribution in [-0.4, -0.2) is 44.8 Å². The second-order valence-corrected chi connectivity index (χ2v) is 7.92. The van der Waals surface area contributed by atoms with Gasteiger partial charge < -0.3 is 9.47 Å². The minimum atomic E-state index is -0.00959. The first-order chi connectivity index (χ1) is 13.3. The van der Waals surface area contributed by atoms with Crippen LogP contribution in [0.4, 0.5) is 0 Å². The van der Waals surface area contributed by atoms with E-state index in [1.54, 1.807) is 11.8 Å². The molecule has 2 atom stereocenters. The van der Waals surface area contributed by atoms with Crippen molar-refractivity contribution in [2.45, 2.75) is 41.8 Å². The van der Waals surface area contributed by atoms with Crippen molar-refractivity contribution in [2.75, 3.05) is 19.1 Å². The lowest BCUT2D eigenvalue weighted by atomic mass is 10.1. The van der Waals surface area contributed by atoms with Crippen molar-refractivity contribution >= 4 is 29.2 Å². The third-order valence-electron chi connectivity index (χ3n) is 4.57. The molecule has 8 heteroatoms. The molecule has 2 aromatic heterocycles. The summed E-state index contributed by atoms with van der Waals surface area (Å²) in [5.41, 5.74) is 2.96. The maximum absolute atomic E-state index is 6.24. The summed E-state index contributed by atoms with van der Waals surface area (Å²) in [4.78, 5) is 9.07. The number of thioether (sulfide) groups is 2. The van der Waals surface area contributed by atoms with Crippen molar-refractivity contribution in [1.82, 2.24) is 19.6 Å². The highest BCUT2D eigenvalue weighted by atomic mass is 32.2. The molecular weight excluding hydrogens is 380 g/mol. The summed E-state index contributed by atoms with van der Waals surface area (Å²) < 4.78 is 14.0. The van der Waals surface area contributed by atoms with Gasteiger partial charge in [0.2, 0.25) is 5.16 Å². The summed E-state index contributed by atoms with van der Waals surface area (Å²) in [5, 5.41) is 6.25. The molecule has 1 saturated heterocycles. The van der Waals surface area contributed by atoms with Gasteiger partial charge in [-0.15, -0.1) is 16.9 Å². The first-order valence-electron chi connectivity index (χ1n) is 8.89. The molecule has 142 valence electrons. The molecule has 27 heavy (non-hydrogen) atoms. The van der Waals surface area contributed by atoms with E-state index < -0.39 is 0 Å². The van der Waals surface area contributed by atoms with Crippen molar-refractivity contribution in [3.8, 4) is 0 Å². The van der Waals surface area contributed by atoms with Gasteiger partial charge in [-0.3, -0.25) is 0 Å². The molecule has 1 aliphatic heterocycles. The molecule has 0 amide bonds. The molecule has 1 fully saturated rings. The fourth-order valence-corrected chi connectivity index (χ4v) is 4.13. The summed E-state index contributed by atoms with van der Waals surface area (Å²) in [6, 6.07) is 10.2. The van der Waals surface area contributed by atoms with E-state index in [0.29, 0.717) is 13.2 Å². The summed E-state index contributed by atoms with van der Waals surface area (Å²) in [5.74, 6) is 0. The third-order valence-corrected chi connectivity index (χ3v) is 5.77. The zero-order valence-corrected chi connectivity index (χ0v) is 17.0. The van der Waals surface area contributed by atoms with E-state index in [1.165, 1.54) is 17.3 Å². The van der Waals surface area contributed by atoms with E-state index in [2.05, 4.69) is 27.2 Å². The smallest absolute Gasteiger partial charge is 0.208 e. The highest BCUT2D eigenvalue weighted by Gasteiger charge is 2.30. The Balaban J connectivity index is 1.42. The Morgan fingerprint density at radius 2 is 2.04 bits per heavy atom. The van der Waals surface area contributed by atoms with E-state index >= 15 is 0 Å². The SMILES string of the molecule is CSc1nc(SC)c2ncc([C@H]3CC[C@@H](COCc4ccccc4)O3)n2n1. The predicted octanol–water partition coefficient (Wildman–Crippen LogP) is 4.01. The van der Waals surface area contributed by atoms with E-state index in [9.17, 15) is 0 Å². The number of fused-ring (bicyclic) bond motifs is 1. The summed E-state index contributed by atoms with van der Waals surface area (Å²) in [6.07, 6.45) is 7.87. The second-order valence-electron chi connectivity index (χ2n) is 6.35. The van der Waals surface area contributed by atoms with Crippen LogP contribution >= 0.6 is 23.5 Å². The average molecular weight is 403 g/mol. The fraction of sp³-hybridized carbons (Fsp3) is 0.421. The van der Waals surface area contributed by atoms with Gasteiger partial charge in [0.25, 0.3) is 0 Å². The number of ether oxygens (including phenoxy) is 2. The normalized spacial score (nSPS) is 19.8. The van der Waals surface area contributed by atoms with Gasteiger partial charge in [0, 0.05) is 0 Å². The van der Waals surface area contributed by atoms with Gasteiger partial charge in [-0.25, -0.2) is 14.5 Å². The second kappa shape index (κ2) is 8.60. The van der Waals surface area contributed by atoms with Crippen LogP contribution in [0.5, 0.6) is 0 Å². The number of nitrogens with zero attached hydrogens (tertiary/aromatic N) is 4. The van der Waals surface area contributed by atoms with Crippen LogP contribution in [0, 0.1) is 0 Å². The molecule has 0 spiro atoms. The molecule has 4 rings (SSSR count). The molecule has 0 saturated carbocycles. The Labute approximate surface area is 167 Å². The third kappa shape index (κ3) is 4.13. The van der Waals surface area contributed by atoms with Gasteiger partial charge in [-0.05, 0) is 30.9 Å². The molecule has 0 N–H and O–H groups in total. The molecule has 3 heterocycles. The maximum Gasteiger partial charge on any atom is 0.208 e. The number of aromatic nitrogens is 4. The molecule has 1 aliphatic rings. The molecule has 3 aromatic rings. The van der Waals surface area contributed by atoms with Crippen molar-refractivity contribution in [3.63, 3.8) is 0 Å². The molecular formula is C19H22N4O2S2. The Morgan fingerprint density at radius 1 is 1.19 bits per heavy atom. The first kappa shape index (κ1) is 18.7. The van der Waals surface area contributed by atoms with E-state index in [1.807, 2.05) is 41.4 Å². The maximum atomic E-state index is 6.24. The predicted molar refractivity (Wildman–Crippen MR) is 107 cm³/mol. The topological polar surface area (TPSA) is 61.5 Å². The summed E-state index contributed by atoms with van der Waals surface area (Å²) >= 11 is 3.12. The van der Waals surface area contributed by atoms with Gasteiger partial charge in [0.05, 0.1) is 31.2 Å². The number of hydrogen-bond donors (Lipinski definition) is 0. The highest BCUT2D eigenvalue weighted by Crippen LogP contribution is 2.34. The lowest BCUT2D eigenvalue weighted by Crippen LogP contribution is -2.15. The van der Waals surface area contributed by atoms with Gasteiger partial charge in [0.15, 0.2) is 5.65 Å². The van der Waals surface area contributed by atoms with Crippen molar-refractivity contribution in [1.29, 1.82) is 0 Å². The average Bonchev–Trinajstić information content (AvgIpc) is 3.34. The largest absolute Gasteiger partial charge is 0.374 e.